The minimum absolute atomic E-state index is 0.175. The van der Waals surface area contributed by atoms with Gasteiger partial charge < -0.3 is 9.47 Å². The molecule has 3 heterocycles. The number of aromatic nitrogens is 3. The van der Waals surface area contributed by atoms with Gasteiger partial charge in [0.1, 0.15) is 6.61 Å². The second-order valence-corrected chi connectivity index (χ2v) is 5.48. The van der Waals surface area contributed by atoms with Gasteiger partial charge in [-0.3, -0.25) is 9.36 Å². The van der Waals surface area contributed by atoms with Crippen LogP contribution in [0.4, 0.5) is 0 Å². The molecule has 3 aromatic rings. The lowest BCUT2D eigenvalue weighted by atomic mass is 10.1. The van der Waals surface area contributed by atoms with E-state index in [2.05, 4.69) is 9.97 Å². The Morgan fingerprint density at radius 1 is 1.17 bits per heavy atom. The van der Waals surface area contributed by atoms with Crippen LogP contribution >= 0.6 is 0 Å². The van der Waals surface area contributed by atoms with E-state index in [0.717, 1.165) is 5.75 Å². The van der Waals surface area contributed by atoms with Gasteiger partial charge in [-0.2, -0.15) is 0 Å². The van der Waals surface area contributed by atoms with Gasteiger partial charge in [0.25, 0.3) is 5.56 Å². The fraction of sp³-hybridized carbons (Fsp3) is 0.235. The quantitative estimate of drug-likeness (QED) is 0.726. The maximum atomic E-state index is 12.6. The molecule has 0 radical (unpaired) electrons. The lowest BCUT2D eigenvalue weighted by molar-refractivity contribution is 0.0559. The predicted octanol–water partition coefficient (Wildman–Crippen LogP) is 2.19. The third-order valence-corrected chi connectivity index (χ3v) is 4.05. The van der Waals surface area contributed by atoms with Gasteiger partial charge in [-0.25, -0.2) is 9.97 Å². The molecule has 0 fully saturated rings. The molecule has 1 aliphatic heterocycles. The summed E-state index contributed by atoms with van der Waals surface area (Å²) in [6.07, 6.45) is 2.86. The number of hydrogen-bond acceptors (Lipinski definition) is 5. The summed E-state index contributed by atoms with van der Waals surface area (Å²) in [6, 6.07) is 10.8. The second kappa shape index (κ2) is 5.39. The Labute approximate surface area is 132 Å². The third kappa shape index (κ3) is 2.32. The molecular weight excluding hydrogens is 294 g/mol. The lowest BCUT2D eigenvalue weighted by Crippen LogP contribution is -2.40. The molecule has 0 unspecified atom stereocenters. The maximum Gasteiger partial charge on any atom is 0.280 e. The van der Waals surface area contributed by atoms with Crippen LogP contribution in [-0.4, -0.2) is 27.2 Å². The smallest absolute Gasteiger partial charge is 0.280 e. The SMILES string of the molecule is C[C@@H]([C@@H]1COc2ccccc2O1)n1cnc2cccnc2c1=O. The molecule has 1 aromatic carbocycles. The molecule has 2 aromatic heterocycles. The molecule has 4 rings (SSSR count). The van der Waals surface area contributed by atoms with Gasteiger partial charge in [-0.05, 0) is 31.2 Å². The minimum atomic E-state index is -0.273. The summed E-state index contributed by atoms with van der Waals surface area (Å²) < 4.78 is 13.3. The van der Waals surface area contributed by atoms with Crippen molar-refractivity contribution in [3.05, 3.63) is 59.3 Å². The monoisotopic (exact) mass is 309 g/mol. The average Bonchev–Trinajstić information content (AvgIpc) is 2.61. The van der Waals surface area contributed by atoms with Gasteiger partial charge in [0.15, 0.2) is 23.1 Å². The number of hydrogen-bond donors (Lipinski definition) is 0. The molecule has 1 aliphatic rings. The Balaban J connectivity index is 1.69. The molecule has 0 bridgehead atoms. The van der Waals surface area contributed by atoms with Crippen molar-refractivity contribution in [3.8, 4) is 11.5 Å². The summed E-state index contributed by atoms with van der Waals surface area (Å²) >= 11 is 0. The summed E-state index contributed by atoms with van der Waals surface area (Å²) in [4.78, 5) is 21.1. The van der Waals surface area contributed by atoms with E-state index in [4.69, 9.17) is 9.47 Å². The molecular formula is C17H15N3O3. The molecule has 23 heavy (non-hydrogen) atoms. The minimum Gasteiger partial charge on any atom is -0.486 e. The van der Waals surface area contributed by atoms with Crippen molar-refractivity contribution in [1.29, 1.82) is 0 Å². The zero-order chi connectivity index (χ0) is 15.8. The number of benzene rings is 1. The van der Waals surface area contributed by atoms with Gasteiger partial charge >= 0.3 is 0 Å². The van der Waals surface area contributed by atoms with E-state index in [1.165, 1.54) is 0 Å². The molecule has 0 aliphatic carbocycles. The molecule has 0 amide bonds. The molecule has 2 atom stereocenters. The first-order valence-corrected chi connectivity index (χ1v) is 7.44. The molecule has 0 saturated carbocycles. The van der Waals surface area contributed by atoms with Crippen LogP contribution in [-0.2, 0) is 0 Å². The van der Waals surface area contributed by atoms with E-state index in [9.17, 15) is 4.79 Å². The fourth-order valence-corrected chi connectivity index (χ4v) is 2.71. The first-order valence-electron chi connectivity index (χ1n) is 7.44. The largest absolute Gasteiger partial charge is 0.486 e. The number of ether oxygens (including phenoxy) is 2. The highest BCUT2D eigenvalue weighted by molar-refractivity contribution is 5.71. The van der Waals surface area contributed by atoms with Crippen LogP contribution in [0.1, 0.15) is 13.0 Å². The molecule has 6 heteroatoms. The fourth-order valence-electron chi connectivity index (χ4n) is 2.71. The van der Waals surface area contributed by atoms with Crippen LogP contribution in [0.25, 0.3) is 11.0 Å². The highest BCUT2D eigenvalue weighted by Crippen LogP contribution is 2.33. The zero-order valence-corrected chi connectivity index (χ0v) is 12.5. The van der Waals surface area contributed by atoms with Crippen molar-refractivity contribution in [2.45, 2.75) is 19.1 Å². The van der Waals surface area contributed by atoms with Crippen LogP contribution in [0, 0.1) is 0 Å². The Kier molecular flexibility index (Phi) is 3.22. The molecule has 0 N–H and O–H groups in total. The lowest BCUT2D eigenvalue weighted by Gasteiger charge is -2.31. The van der Waals surface area contributed by atoms with Crippen LogP contribution in [0.2, 0.25) is 0 Å². The summed E-state index contributed by atoms with van der Waals surface area (Å²) in [7, 11) is 0. The van der Waals surface area contributed by atoms with E-state index >= 15 is 0 Å². The number of rotatable bonds is 2. The summed E-state index contributed by atoms with van der Waals surface area (Å²) in [6.45, 7) is 2.30. The van der Waals surface area contributed by atoms with Crippen molar-refractivity contribution >= 4 is 11.0 Å². The van der Waals surface area contributed by atoms with E-state index < -0.39 is 0 Å². The van der Waals surface area contributed by atoms with E-state index in [1.807, 2.05) is 31.2 Å². The van der Waals surface area contributed by atoms with Crippen LogP contribution in [0.5, 0.6) is 11.5 Å². The highest BCUT2D eigenvalue weighted by atomic mass is 16.6. The molecule has 0 spiro atoms. The van der Waals surface area contributed by atoms with E-state index in [1.54, 1.807) is 29.2 Å². The van der Waals surface area contributed by atoms with Crippen molar-refractivity contribution in [3.63, 3.8) is 0 Å². The Morgan fingerprint density at radius 3 is 2.87 bits per heavy atom. The molecule has 6 nitrogen and oxygen atoms in total. The second-order valence-electron chi connectivity index (χ2n) is 5.48. The van der Waals surface area contributed by atoms with Gasteiger partial charge in [-0.15, -0.1) is 0 Å². The average molecular weight is 309 g/mol. The van der Waals surface area contributed by atoms with Gasteiger partial charge in [-0.1, -0.05) is 12.1 Å². The van der Waals surface area contributed by atoms with Crippen LogP contribution in [0.3, 0.4) is 0 Å². The van der Waals surface area contributed by atoms with E-state index in [-0.39, 0.29) is 17.7 Å². The van der Waals surface area contributed by atoms with Crippen molar-refractivity contribution in [2.24, 2.45) is 0 Å². The van der Waals surface area contributed by atoms with Crippen LogP contribution < -0.4 is 15.0 Å². The molecule has 0 saturated heterocycles. The normalized spacial score (nSPS) is 17.9. The number of nitrogens with zero attached hydrogens (tertiary/aromatic N) is 3. The van der Waals surface area contributed by atoms with E-state index in [0.29, 0.717) is 23.4 Å². The Hall–Kier alpha value is -2.89. The summed E-state index contributed by atoms with van der Waals surface area (Å²) in [5.41, 5.74) is 0.775. The third-order valence-electron chi connectivity index (χ3n) is 4.05. The first-order chi connectivity index (χ1) is 11.2. The number of pyridine rings is 1. The topological polar surface area (TPSA) is 66.2 Å². The van der Waals surface area contributed by atoms with Gasteiger partial charge in [0.2, 0.25) is 0 Å². The predicted molar refractivity (Wildman–Crippen MR) is 84.9 cm³/mol. The van der Waals surface area contributed by atoms with Crippen molar-refractivity contribution < 1.29 is 9.47 Å². The van der Waals surface area contributed by atoms with Crippen molar-refractivity contribution in [1.82, 2.24) is 14.5 Å². The number of fused-ring (bicyclic) bond motifs is 2. The maximum absolute atomic E-state index is 12.6. The standard InChI is InChI=1S/C17H15N3O3/c1-11(15-9-22-13-6-2-3-7-14(13)23-15)20-10-19-12-5-4-8-18-16(12)17(20)21/h2-8,10-11,15H,9H2,1H3/t11-,15-/m0/s1. The Bertz CT molecular complexity index is 922. The zero-order valence-electron chi connectivity index (χ0n) is 12.5. The summed E-state index contributed by atoms with van der Waals surface area (Å²) in [5, 5.41) is 0. The number of para-hydroxylation sites is 2. The summed E-state index contributed by atoms with van der Waals surface area (Å²) in [5.74, 6) is 1.41. The van der Waals surface area contributed by atoms with Gasteiger partial charge in [0, 0.05) is 6.20 Å². The van der Waals surface area contributed by atoms with Crippen molar-refractivity contribution in [2.75, 3.05) is 6.61 Å². The van der Waals surface area contributed by atoms with Crippen LogP contribution in [0.15, 0.2) is 53.7 Å². The van der Waals surface area contributed by atoms with Gasteiger partial charge in [0.05, 0.1) is 17.9 Å². The first kappa shape index (κ1) is 13.8. The Morgan fingerprint density at radius 2 is 2.00 bits per heavy atom. The molecule has 116 valence electrons. The highest BCUT2D eigenvalue weighted by Gasteiger charge is 2.28.